The molecule has 0 aromatic carbocycles. The predicted molar refractivity (Wildman–Crippen MR) is 70.4 cm³/mol. The molecule has 1 rings (SSSR count). The van der Waals surface area contributed by atoms with Gasteiger partial charge < -0.3 is 9.64 Å². The number of hydrogen-bond acceptors (Lipinski definition) is 3. The molecule has 1 saturated heterocycles. The Morgan fingerprint density at radius 2 is 2.22 bits per heavy atom. The van der Waals surface area contributed by atoms with Crippen LogP contribution in [-0.2, 0) is 4.74 Å². The summed E-state index contributed by atoms with van der Waals surface area (Å²) < 4.78 is 5.32. The first kappa shape index (κ1) is 15.1. The van der Waals surface area contributed by atoms with Gasteiger partial charge in [-0.2, -0.15) is 5.26 Å². The fraction of sp³-hybridized carbons (Fsp3) is 0.846. The minimum Gasteiger partial charge on any atom is -0.444 e. The van der Waals surface area contributed by atoms with Crippen molar-refractivity contribution in [3.8, 4) is 6.07 Å². The minimum absolute atomic E-state index is 0.328. The Morgan fingerprint density at radius 1 is 1.56 bits per heavy atom. The van der Waals surface area contributed by atoms with Crippen molar-refractivity contribution in [1.82, 2.24) is 4.90 Å². The van der Waals surface area contributed by atoms with Crippen LogP contribution in [0.15, 0.2) is 0 Å². The average Bonchev–Trinajstić information content (AvgIpc) is 2.69. The van der Waals surface area contributed by atoms with E-state index in [0.717, 1.165) is 12.8 Å². The molecule has 1 aliphatic rings. The van der Waals surface area contributed by atoms with Crippen LogP contribution in [0.1, 0.15) is 40.0 Å². The maximum Gasteiger partial charge on any atom is 0.410 e. The van der Waals surface area contributed by atoms with Gasteiger partial charge in [0.05, 0.1) is 11.5 Å². The molecule has 102 valence electrons. The summed E-state index contributed by atoms with van der Waals surface area (Å²) in [7, 11) is 0. The summed E-state index contributed by atoms with van der Waals surface area (Å²) in [5.41, 5.74) is -0.934. The van der Waals surface area contributed by atoms with Crippen LogP contribution in [0.25, 0.3) is 0 Å². The van der Waals surface area contributed by atoms with E-state index >= 15 is 0 Å². The number of likely N-dealkylation sites (tertiary alicyclic amines) is 1. The van der Waals surface area contributed by atoms with E-state index < -0.39 is 11.0 Å². The summed E-state index contributed by atoms with van der Waals surface area (Å²) in [4.78, 5) is 13.5. The number of nitrogens with zero attached hydrogens (tertiary/aromatic N) is 2. The van der Waals surface area contributed by atoms with Gasteiger partial charge >= 0.3 is 6.09 Å². The van der Waals surface area contributed by atoms with Crippen LogP contribution in [0.5, 0.6) is 0 Å². The van der Waals surface area contributed by atoms with Gasteiger partial charge in [-0.1, -0.05) is 0 Å². The summed E-state index contributed by atoms with van der Waals surface area (Å²) in [5, 5.41) is 9.30. The zero-order valence-corrected chi connectivity index (χ0v) is 12.1. The van der Waals surface area contributed by atoms with Crippen molar-refractivity contribution in [1.29, 1.82) is 5.26 Å². The van der Waals surface area contributed by atoms with Crippen molar-refractivity contribution in [3.05, 3.63) is 0 Å². The summed E-state index contributed by atoms with van der Waals surface area (Å²) in [6, 6.07) is 2.35. The lowest BCUT2D eigenvalue weighted by atomic mass is 9.84. The Kier molecular flexibility index (Phi) is 4.86. The number of carbonyl (C=O) groups is 1. The molecule has 4 nitrogen and oxygen atoms in total. The van der Waals surface area contributed by atoms with Crippen molar-refractivity contribution in [2.75, 3.05) is 19.0 Å². The first-order chi connectivity index (χ1) is 8.32. The number of hydrogen-bond donors (Lipinski definition) is 0. The molecule has 1 fully saturated rings. The number of ether oxygens (including phenoxy) is 1. The number of halogens is 1. The van der Waals surface area contributed by atoms with Crippen LogP contribution >= 0.6 is 11.6 Å². The number of amides is 1. The van der Waals surface area contributed by atoms with Gasteiger partial charge in [-0.15, -0.1) is 11.6 Å². The molecule has 5 heteroatoms. The van der Waals surface area contributed by atoms with Gasteiger partial charge in [0.15, 0.2) is 0 Å². The number of rotatable bonds is 3. The van der Waals surface area contributed by atoms with Crippen LogP contribution in [-0.4, -0.2) is 35.6 Å². The van der Waals surface area contributed by atoms with Gasteiger partial charge in [0.25, 0.3) is 0 Å². The van der Waals surface area contributed by atoms with E-state index in [4.69, 9.17) is 16.3 Å². The van der Waals surface area contributed by atoms with Gasteiger partial charge in [-0.3, -0.25) is 0 Å². The molecule has 1 atom stereocenters. The van der Waals surface area contributed by atoms with Crippen molar-refractivity contribution in [3.63, 3.8) is 0 Å². The van der Waals surface area contributed by atoms with Gasteiger partial charge in [0.1, 0.15) is 5.60 Å². The summed E-state index contributed by atoms with van der Waals surface area (Å²) in [6.07, 6.45) is 1.92. The molecule has 0 spiro atoms. The van der Waals surface area contributed by atoms with Crippen LogP contribution in [0.3, 0.4) is 0 Å². The Bertz CT molecular complexity index is 346. The van der Waals surface area contributed by atoms with Crippen molar-refractivity contribution in [2.45, 2.75) is 45.6 Å². The fourth-order valence-corrected chi connectivity index (χ4v) is 2.24. The second kappa shape index (κ2) is 5.79. The van der Waals surface area contributed by atoms with Crippen LogP contribution in [0, 0.1) is 16.7 Å². The lowest BCUT2D eigenvalue weighted by molar-refractivity contribution is 0.0280. The molecule has 18 heavy (non-hydrogen) atoms. The summed E-state index contributed by atoms with van der Waals surface area (Å²) in [6.45, 7) is 6.56. The second-order valence-electron chi connectivity index (χ2n) is 5.84. The third-order valence-electron chi connectivity index (χ3n) is 3.03. The first-order valence-electron chi connectivity index (χ1n) is 6.27. The summed E-state index contributed by atoms with van der Waals surface area (Å²) in [5.74, 6) is 0.551. The highest BCUT2D eigenvalue weighted by Gasteiger charge is 2.41. The first-order valence-corrected chi connectivity index (χ1v) is 6.80. The summed E-state index contributed by atoms with van der Waals surface area (Å²) >= 11 is 5.67. The van der Waals surface area contributed by atoms with Gasteiger partial charge in [0, 0.05) is 19.0 Å². The number of nitriles is 1. The SMILES string of the molecule is CC(C)(C)OC(=O)N1CCC(C#N)(CCCCl)C1. The lowest BCUT2D eigenvalue weighted by Crippen LogP contribution is -2.36. The predicted octanol–water partition coefficient (Wildman–Crippen LogP) is 3.16. The van der Waals surface area contributed by atoms with Gasteiger partial charge in [-0.25, -0.2) is 4.79 Å². The van der Waals surface area contributed by atoms with Crippen molar-refractivity contribution < 1.29 is 9.53 Å². The third kappa shape index (κ3) is 4.06. The van der Waals surface area contributed by atoms with E-state index in [1.807, 2.05) is 20.8 Å². The number of carbonyl (C=O) groups excluding carboxylic acids is 1. The van der Waals surface area contributed by atoms with E-state index in [1.54, 1.807) is 4.90 Å². The van der Waals surface area contributed by atoms with E-state index in [0.29, 0.717) is 25.4 Å². The molecule has 0 radical (unpaired) electrons. The largest absolute Gasteiger partial charge is 0.444 e. The van der Waals surface area contributed by atoms with Crippen molar-refractivity contribution >= 4 is 17.7 Å². The highest BCUT2D eigenvalue weighted by Crippen LogP contribution is 2.35. The zero-order chi connectivity index (χ0) is 13.8. The average molecular weight is 273 g/mol. The van der Waals surface area contributed by atoms with Crippen LogP contribution < -0.4 is 0 Å². The molecule has 1 amide bonds. The fourth-order valence-electron chi connectivity index (χ4n) is 2.11. The highest BCUT2D eigenvalue weighted by molar-refractivity contribution is 6.17. The van der Waals surface area contributed by atoms with E-state index in [9.17, 15) is 10.1 Å². The van der Waals surface area contributed by atoms with E-state index in [1.165, 1.54) is 0 Å². The van der Waals surface area contributed by atoms with Gasteiger partial charge in [0.2, 0.25) is 0 Å². The Hall–Kier alpha value is -0.950. The molecule has 1 heterocycles. The highest BCUT2D eigenvalue weighted by atomic mass is 35.5. The molecule has 1 unspecified atom stereocenters. The molecule has 0 bridgehead atoms. The second-order valence-corrected chi connectivity index (χ2v) is 6.21. The maximum atomic E-state index is 11.9. The molecule has 0 N–H and O–H groups in total. The Labute approximate surface area is 114 Å². The van der Waals surface area contributed by atoms with E-state index in [2.05, 4.69) is 6.07 Å². The molecule has 0 aromatic rings. The van der Waals surface area contributed by atoms with Crippen molar-refractivity contribution in [2.24, 2.45) is 5.41 Å². The van der Waals surface area contributed by atoms with Crippen LogP contribution in [0.4, 0.5) is 4.79 Å². The van der Waals surface area contributed by atoms with Crippen LogP contribution in [0.2, 0.25) is 0 Å². The van der Waals surface area contributed by atoms with E-state index in [-0.39, 0.29) is 6.09 Å². The molecular weight excluding hydrogens is 252 g/mol. The zero-order valence-electron chi connectivity index (χ0n) is 11.3. The standard InChI is InChI=1S/C13H21ClN2O2/c1-12(2,3)18-11(17)16-8-6-13(9-15,10-16)5-4-7-14/h4-8,10H2,1-3H3. The third-order valence-corrected chi connectivity index (χ3v) is 3.30. The molecule has 1 aliphatic heterocycles. The minimum atomic E-state index is -0.495. The molecule has 0 saturated carbocycles. The quantitative estimate of drug-likeness (QED) is 0.742. The maximum absolute atomic E-state index is 11.9. The smallest absolute Gasteiger partial charge is 0.410 e. The lowest BCUT2D eigenvalue weighted by Gasteiger charge is -2.25. The monoisotopic (exact) mass is 272 g/mol. The molecular formula is C13H21ClN2O2. The molecule has 0 aromatic heterocycles. The normalized spacial score (nSPS) is 23.8. The molecule has 0 aliphatic carbocycles. The van der Waals surface area contributed by atoms with Gasteiger partial charge in [-0.05, 0) is 40.0 Å². The number of alkyl halides is 1. The topological polar surface area (TPSA) is 53.3 Å². The Balaban J connectivity index is 2.59. The Morgan fingerprint density at radius 3 is 2.72 bits per heavy atom.